The van der Waals surface area contributed by atoms with Gasteiger partial charge >= 0.3 is 13.5 Å². The number of hydrogen-bond donors (Lipinski definition) is 3. The molecule has 1 unspecified atom stereocenters. The molecule has 2 aromatic rings. The third kappa shape index (κ3) is 4.10. The average Bonchev–Trinajstić information content (AvgIpc) is 2.96. The van der Waals surface area contributed by atoms with Crippen molar-refractivity contribution in [3.8, 4) is 5.75 Å². The SMILES string of the molecule is [2H]C([2H])(OP1(=O)OCc2cc(F)ccc2O1)[C@@]1(F)O[C@@H](n2cc(C)c(=S)[nH]c2=O)[C@H](O)[C@@H]1O. The summed E-state index contributed by atoms with van der Waals surface area (Å²) in [5, 5.41) is 20.6. The van der Waals surface area contributed by atoms with Gasteiger partial charge in [-0.15, -0.1) is 0 Å². The Morgan fingerprint density at radius 2 is 2.26 bits per heavy atom. The van der Waals surface area contributed by atoms with Gasteiger partial charge in [0.2, 0.25) is 0 Å². The predicted octanol–water partition coefficient (Wildman–Crippen LogP) is 2.00. The summed E-state index contributed by atoms with van der Waals surface area (Å²) in [5.41, 5.74) is -0.443. The minimum Gasteiger partial charge on any atom is -0.404 e. The molecule has 1 aromatic carbocycles. The summed E-state index contributed by atoms with van der Waals surface area (Å²) >= 11 is 4.92. The van der Waals surface area contributed by atoms with Gasteiger partial charge in [-0.25, -0.2) is 18.1 Å². The van der Waals surface area contributed by atoms with Gasteiger partial charge in [-0.1, -0.05) is 12.2 Å². The molecule has 2 aliphatic rings. The number of aromatic amines is 1. The van der Waals surface area contributed by atoms with Gasteiger partial charge in [0, 0.05) is 17.3 Å². The van der Waals surface area contributed by atoms with E-state index in [4.69, 9.17) is 28.7 Å². The molecule has 3 heterocycles. The highest BCUT2D eigenvalue weighted by molar-refractivity contribution is 7.71. The van der Waals surface area contributed by atoms with Gasteiger partial charge in [-0.3, -0.25) is 18.6 Å². The van der Waals surface area contributed by atoms with Crippen LogP contribution in [0.3, 0.4) is 0 Å². The first-order chi connectivity index (χ1) is 15.3. The molecule has 0 bridgehead atoms. The molecule has 14 heteroatoms. The second-order valence-electron chi connectivity index (χ2n) is 6.82. The summed E-state index contributed by atoms with van der Waals surface area (Å²) in [6.07, 6.45) is -5.52. The van der Waals surface area contributed by atoms with Crippen molar-refractivity contribution in [3.05, 3.63) is 56.5 Å². The number of aryl methyl sites for hydroxylation is 1. The highest BCUT2D eigenvalue weighted by atomic mass is 32.1. The Balaban J connectivity index is 1.63. The first-order valence-electron chi connectivity index (χ1n) is 9.75. The smallest absolute Gasteiger partial charge is 0.404 e. The van der Waals surface area contributed by atoms with E-state index in [1.165, 1.54) is 6.92 Å². The van der Waals surface area contributed by atoms with Crippen LogP contribution in [0, 0.1) is 17.4 Å². The van der Waals surface area contributed by atoms with Crippen LogP contribution in [0.4, 0.5) is 8.78 Å². The number of aromatic nitrogens is 2. The van der Waals surface area contributed by atoms with Crippen molar-refractivity contribution >= 4 is 20.0 Å². The zero-order chi connectivity index (χ0) is 24.3. The van der Waals surface area contributed by atoms with E-state index in [-0.39, 0.29) is 16.0 Å². The molecule has 5 atom stereocenters. The maximum atomic E-state index is 15.7. The highest BCUT2D eigenvalue weighted by Gasteiger charge is 2.57. The lowest BCUT2D eigenvalue weighted by Gasteiger charge is -2.28. The molecule has 1 aromatic heterocycles. The number of hydrogen-bond acceptors (Lipinski definition) is 9. The quantitative estimate of drug-likeness (QED) is 0.444. The monoisotopic (exact) mass is 480 g/mol. The Morgan fingerprint density at radius 1 is 1.52 bits per heavy atom. The number of fused-ring (bicyclic) bond motifs is 1. The van der Waals surface area contributed by atoms with Gasteiger partial charge < -0.3 is 19.5 Å². The number of halogens is 2. The van der Waals surface area contributed by atoms with E-state index >= 15 is 4.39 Å². The minimum atomic E-state index is -4.84. The van der Waals surface area contributed by atoms with Crippen LogP contribution in [0.15, 0.2) is 29.2 Å². The number of aliphatic hydroxyl groups is 2. The van der Waals surface area contributed by atoms with Crippen molar-refractivity contribution in [1.82, 2.24) is 9.55 Å². The average molecular weight is 480 g/mol. The number of nitrogens with zero attached hydrogens (tertiary/aromatic N) is 1. The minimum absolute atomic E-state index is 0.0688. The Morgan fingerprint density at radius 3 is 3.00 bits per heavy atom. The Hall–Kier alpha value is -1.99. The van der Waals surface area contributed by atoms with Crippen molar-refractivity contribution in [2.75, 3.05) is 6.56 Å². The van der Waals surface area contributed by atoms with Crippen molar-refractivity contribution in [3.63, 3.8) is 0 Å². The molecule has 1 fully saturated rings. The molecular weight excluding hydrogens is 461 g/mol. The van der Waals surface area contributed by atoms with Gasteiger partial charge in [0.15, 0.2) is 6.23 Å². The number of phosphoric acid groups is 1. The molecule has 0 amide bonds. The molecule has 31 heavy (non-hydrogen) atoms. The number of nitrogens with one attached hydrogen (secondary N) is 1. The molecule has 1 saturated heterocycles. The standard InChI is InChI=1S/C17H17F2N2O8PS/c1-8-5-21(16(24)20-14(8)31)15-12(22)13(23)17(19,28-15)7-27-30(25)26-6-9-4-10(18)2-3-11(9)29-30/h2-5,12-13,15,22-23H,6-7H2,1H3,(H,20,24,31)/t12-,13+,15-,17-,30?/m1/s1/i7D2. The van der Waals surface area contributed by atoms with Crippen molar-refractivity contribution < 1.29 is 44.6 Å². The Labute approximate surface area is 181 Å². The van der Waals surface area contributed by atoms with Crippen molar-refractivity contribution in [2.45, 2.75) is 37.8 Å². The highest BCUT2D eigenvalue weighted by Crippen LogP contribution is 2.55. The molecule has 0 aliphatic carbocycles. The summed E-state index contributed by atoms with van der Waals surface area (Å²) in [4.78, 5) is 14.5. The second-order valence-corrected chi connectivity index (χ2v) is 8.75. The van der Waals surface area contributed by atoms with Crippen LogP contribution in [0.1, 0.15) is 20.1 Å². The lowest BCUT2D eigenvalue weighted by Crippen LogP contribution is -2.43. The van der Waals surface area contributed by atoms with E-state index in [0.29, 0.717) is 10.1 Å². The van der Waals surface area contributed by atoms with Crippen LogP contribution in [-0.4, -0.2) is 44.4 Å². The largest absolute Gasteiger partial charge is 0.530 e. The number of aliphatic hydroxyl groups excluding tert-OH is 2. The maximum absolute atomic E-state index is 15.7. The zero-order valence-electron chi connectivity index (χ0n) is 17.7. The molecule has 10 nitrogen and oxygen atoms in total. The number of ether oxygens (including phenoxy) is 1. The third-order valence-electron chi connectivity index (χ3n) is 4.62. The molecule has 2 aliphatic heterocycles. The molecule has 3 N–H and O–H groups in total. The number of benzene rings is 1. The van der Waals surface area contributed by atoms with Crippen LogP contribution in [-0.2, 0) is 25.0 Å². The van der Waals surface area contributed by atoms with E-state index in [0.717, 1.165) is 24.4 Å². The van der Waals surface area contributed by atoms with E-state index < -0.39 is 56.8 Å². The van der Waals surface area contributed by atoms with Crippen LogP contribution in [0.25, 0.3) is 0 Å². The zero-order valence-corrected chi connectivity index (χ0v) is 17.4. The van der Waals surface area contributed by atoms with Crippen LogP contribution in [0.5, 0.6) is 5.75 Å². The summed E-state index contributed by atoms with van der Waals surface area (Å²) < 4.78 is 78.0. The van der Waals surface area contributed by atoms with Crippen molar-refractivity contribution in [2.24, 2.45) is 0 Å². The van der Waals surface area contributed by atoms with Crippen molar-refractivity contribution in [1.29, 1.82) is 0 Å². The van der Waals surface area contributed by atoms with E-state index in [1.54, 1.807) is 0 Å². The van der Waals surface area contributed by atoms with Crippen LogP contribution in [0.2, 0.25) is 0 Å². The first kappa shape index (κ1) is 19.7. The fourth-order valence-corrected chi connectivity index (χ4v) is 4.22. The maximum Gasteiger partial charge on any atom is 0.530 e. The number of alkyl halides is 1. The van der Waals surface area contributed by atoms with Gasteiger partial charge in [0.05, 0.1) is 9.35 Å². The lowest BCUT2D eigenvalue weighted by molar-refractivity contribution is -0.205. The number of phosphoric ester groups is 1. The second kappa shape index (κ2) is 7.85. The third-order valence-corrected chi connectivity index (χ3v) is 6.22. The molecule has 0 saturated carbocycles. The Kier molecular flexibility index (Phi) is 4.98. The fourth-order valence-electron chi connectivity index (χ4n) is 2.98. The molecule has 0 spiro atoms. The van der Waals surface area contributed by atoms with E-state index in [2.05, 4.69) is 9.51 Å². The number of H-pyrrole nitrogens is 1. The van der Waals surface area contributed by atoms with E-state index in [1.807, 2.05) is 0 Å². The molecule has 0 radical (unpaired) electrons. The van der Waals surface area contributed by atoms with Gasteiger partial charge in [-0.2, -0.15) is 0 Å². The summed E-state index contributed by atoms with van der Waals surface area (Å²) in [5.74, 6) is -4.61. The lowest BCUT2D eigenvalue weighted by atomic mass is 10.1. The normalized spacial score (nSPS) is 33.9. The molecule has 168 valence electrons. The van der Waals surface area contributed by atoms with Gasteiger partial charge in [0.1, 0.15) is 35.0 Å². The van der Waals surface area contributed by atoms with Crippen LogP contribution >= 0.6 is 20.0 Å². The predicted molar refractivity (Wildman–Crippen MR) is 102 cm³/mol. The first-order valence-corrected chi connectivity index (χ1v) is 10.6. The molecule has 4 rings (SSSR count). The topological polar surface area (TPSA) is 132 Å². The summed E-state index contributed by atoms with van der Waals surface area (Å²) in [6, 6.07) is 3.11. The Bertz CT molecular complexity index is 1280. The van der Waals surface area contributed by atoms with Crippen LogP contribution < -0.4 is 10.2 Å². The summed E-state index contributed by atoms with van der Waals surface area (Å²) in [6.45, 7) is -2.73. The fraction of sp³-hybridized carbons (Fsp3) is 0.412. The number of rotatable bonds is 4. The molecular formula is C17H17F2N2O8PS. The van der Waals surface area contributed by atoms with Gasteiger partial charge in [-0.05, 0) is 25.1 Å². The summed E-state index contributed by atoms with van der Waals surface area (Å²) in [7, 11) is -4.84. The van der Waals surface area contributed by atoms with E-state index in [9.17, 15) is 24.0 Å². The van der Waals surface area contributed by atoms with Gasteiger partial charge in [0.25, 0.3) is 5.85 Å².